The van der Waals surface area contributed by atoms with Crippen molar-refractivity contribution in [3.63, 3.8) is 0 Å². The summed E-state index contributed by atoms with van der Waals surface area (Å²) in [5.74, 6) is 2.99. The molecule has 0 aliphatic heterocycles. The van der Waals surface area contributed by atoms with E-state index in [9.17, 15) is 0 Å². The Labute approximate surface area is 183 Å². The van der Waals surface area contributed by atoms with Crippen LogP contribution in [0.15, 0.2) is 48.6 Å². The highest BCUT2D eigenvalue weighted by atomic mass is 28.4. The van der Waals surface area contributed by atoms with Gasteiger partial charge in [-0.2, -0.15) is 0 Å². The van der Waals surface area contributed by atoms with Crippen molar-refractivity contribution in [3.8, 4) is 23.0 Å². The molecule has 0 aliphatic rings. The smallest absolute Gasteiger partial charge is 0.250 e. The SMILES string of the molecule is C/C=C/C(c1ccc(OC)c(OC)c1)c1cccc(OC)c1O[Si](C)(C)C(C)(C)C. The second-order valence-electron chi connectivity index (χ2n) is 8.86. The van der Waals surface area contributed by atoms with E-state index in [-0.39, 0.29) is 11.0 Å². The van der Waals surface area contributed by atoms with E-state index < -0.39 is 8.32 Å². The van der Waals surface area contributed by atoms with Crippen LogP contribution in [0.3, 0.4) is 0 Å². The number of allylic oxidation sites excluding steroid dienone is 2. The predicted molar refractivity (Wildman–Crippen MR) is 127 cm³/mol. The molecule has 0 fully saturated rings. The van der Waals surface area contributed by atoms with Gasteiger partial charge in [-0.1, -0.05) is 51.1 Å². The Bertz CT molecular complexity index is 881. The number of benzene rings is 2. The molecule has 2 aromatic carbocycles. The maximum Gasteiger partial charge on any atom is 0.250 e. The first-order valence-corrected chi connectivity index (χ1v) is 13.2. The zero-order chi connectivity index (χ0) is 22.5. The van der Waals surface area contributed by atoms with Gasteiger partial charge in [0.1, 0.15) is 0 Å². The van der Waals surface area contributed by atoms with Gasteiger partial charge < -0.3 is 18.6 Å². The first-order valence-electron chi connectivity index (χ1n) is 10.3. The third kappa shape index (κ3) is 5.01. The summed E-state index contributed by atoms with van der Waals surface area (Å²) < 4.78 is 23.5. The summed E-state index contributed by atoms with van der Waals surface area (Å²) in [6.07, 6.45) is 4.24. The lowest BCUT2D eigenvalue weighted by Gasteiger charge is -2.38. The lowest BCUT2D eigenvalue weighted by Crippen LogP contribution is -2.44. The minimum Gasteiger partial charge on any atom is -0.541 e. The van der Waals surface area contributed by atoms with E-state index in [2.05, 4.69) is 58.2 Å². The number of hydrogen-bond donors (Lipinski definition) is 0. The van der Waals surface area contributed by atoms with Crippen molar-refractivity contribution >= 4 is 8.32 Å². The van der Waals surface area contributed by atoms with Crippen molar-refractivity contribution in [3.05, 3.63) is 59.7 Å². The predicted octanol–water partition coefficient (Wildman–Crippen LogP) is 6.80. The van der Waals surface area contributed by atoms with Gasteiger partial charge in [-0.3, -0.25) is 0 Å². The Hall–Kier alpha value is -2.40. The summed E-state index contributed by atoms with van der Waals surface area (Å²) in [5.41, 5.74) is 2.17. The zero-order valence-electron chi connectivity index (χ0n) is 19.8. The Morgan fingerprint density at radius 2 is 1.50 bits per heavy atom. The number of ether oxygens (including phenoxy) is 3. The Kier molecular flexibility index (Phi) is 7.64. The molecule has 0 radical (unpaired) electrons. The average Bonchev–Trinajstić information content (AvgIpc) is 2.70. The van der Waals surface area contributed by atoms with Crippen LogP contribution in [0.4, 0.5) is 0 Å². The monoisotopic (exact) mass is 428 g/mol. The number of para-hydroxylation sites is 1. The Balaban J connectivity index is 2.67. The van der Waals surface area contributed by atoms with E-state index in [0.29, 0.717) is 11.5 Å². The summed E-state index contributed by atoms with van der Waals surface area (Å²) in [6.45, 7) is 13.3. The second kappa shape index (κ2) is 9.60. The molecule has 2 rings (SSSR count). The molecule has 164 valence electrons. The van der Waals surface area contributed by atoms with Crippen molar-refractivity contribution in [1.29, 1.82) is 0 Å². The van der Waals surface area contributed by atoms with Crippen LogP contribution >= 0.6 is 0 Å². The van der Waals surface area contributed by atoms with Gasteiger partial charge >= 0.3 is 0 Å². The first-order chi connectivity index (χ1) is 14.1. The normalized spacial score (nSPS) is 13.2. The van der Waals surface area contributed by atoms with Gasteiger partial charge in [-0.15, -0.1) is 0 Å². The maximum absolute atomic E-state index is 6.79. The molecule has 0 heterocycles. The standard InChI is InChI=1S/C25H36O4Si/c1-10-12-19(18-15-16-21(26-5)23(17-18)28-7)20-13-11-14-22(27-6)24(20)29-30(8,9)25(2,3)4/h10-17,19H,1-9H3/b12-10+. The van der Waals surface area contributed by atoms with Crippen LogP contribution in [0.25, 0.3) is 0 Å². The van der Waals surface area contributed by atoms with Gasteiger partial charge in [0.15, 0.2) is 23.0 Å². The fraction of sp³-hybridized carbons (Fsp3) is 0.440. The maximum atomic E-state index is 6.79. The van der Waals surface area contributed by atoms with E-state index >= 15 is 0 Å². The topological polar surface area (TPSA) is 36.9 Å². The Morgan fingerprint density at radius 1 is 0.867 bits per heavy atom. The molecule has 30 heavy (non-hydrogen) atoms. The molecule has 1 atom stereocenters. The van der Waals surface area contributed by atoms with Gasteiger partial charge in [0, 0.05) is 11.5 Å². The molecule has 0 saturated carbocycles. The molecule has 0 N–H and O–H groups in total. The molecule has 2 aromatic rings. The van der Waals surface area contributed by atoms with Gasteiger partial charge in [0.25, 0.3) is 8.32 Å². The number of methoxy groups -OCH3 is 3. The van der Waals surface area contributed by atoms with Crippen molar-refractivity contribution < 1.29 is 18.6 Å². The van der Waals surface area contributed by atoms with Crippen LogP contribution in [-0.2, 0) is 0 Å². The van der Waals surface area contributed by atoms with Crippen molar-refractivity contribution in [2.75, 3.05) is 21.3 Å². The van der Waals surface area contributed by atoms with E-state index in [1.807, 2.05) is 31.2 Å². The van der Waals surface area contributed by atoms with Crippen LogP contribution in [0.5, 0.6) is 23.0 Å². The summed E-state index contributed by atoms with van der Waals surface area (Å²) in [6, 6.07) is 12.1. The van der Waals surface area contributed by atoms with Gasteiger partial charge in [-0.25, -0.2) is 0 Å². The lowest BCUT2D eigenvalue weighted by atomic mass is 9.89. The molecular weight excluding hydrogens is 392 g/mol. The van der Waals surface area contributed by atoms with Crippen LogP contribution < -0.4 is 18.6 Å². The molecule has 1 unspecified atom stereocenters. The van der Waals surface area contributed by atoms with E-state index in [1.165, 1.54) is 0 Å². The van der Waals surface area contributed by atoms with Gasteiger partial charge in [-0.05, 0) is 48.8 Å². The van der Waals surface area contributed by atoms with E-state index in [1.54, 1.807) is 21.3 Å². The molecule has 5 heteroatoms. The minimum atomic E-state index is -2.08. The second-order valence-corrected chi connectivity index (χ2v) is 13.6. The van der Waals surface area contributed by atoms with Crippen molar-refractivity contribution in [2.24, 2.45) is 0 Å². The first kappa shape index (κ1) is 23.9. The fourth-order valence-electron chi connectivity index (χ4n) is 3.09. The highest BCUT2D eigenvalue weighted by molar-refractivity contribution is 6.74. The highest BCUT2D eigenvalue weighted by Crippen LogP contribution is 2.45. The van der Waals surface area contributed by atoms with E-state index in [0.717, 1.165) is 22.6 Å². The summed E-state index contributed by atoms with van der Waals surface area (Å²) in [4.78, 5) is 0. The molecule has 0 aromatic heterocycles. The lowest BCUT2D eigenvalue weighted by molar-refractivity contribution is 0.354. The molecule has 0 spiro atoms. The fourth-order valence-corrected chi connectivity index (χ4v) is 4.12. The van der Waals surface area contributed by atoms with Crippen molar-refractivity contribution in [1.82, 2.24) is 0 Å². The van der Waals surface area contributed by atoms with Crippen molar-refractivity contribution in [2.45, 2.75) is 51.7 Å². The summed E-state index contributed by atoms with van der Waals surface area (Å²) >= 11 is 0. The van der Waals surface area contributed by atoms with Crippen LogP contribution in [0, 0.1) is 0 Å². The molecule has 0 bridgehead atoms. The van der Waals surface area contributed by atoms with E-state index in [4.69, 9.17) is 18.6 Å². The minimum absolute atomic E-state index is 0.00956. The largest absolute Gasteiger partial charge is 0.541 e. The molecule has 0 aliphatic carbocycles. The molecular formula is C25H36O4Si. The molecule has 0 saturated heterocycles. The third-order valence-corrected chi connectivity index (χ3v) is 10.2. The molecule has 4 nitrogen and oxygen atoms in total. The average molecular weight is 429 g/mol. The Morgan fingerprint density at radius 3 is 2.03 bits per heavy atom. The molecule has 0 amide bonds. The highest BCUT2D eigenvalue weighted by Gasteiger charge is 2.40. The van der Waals surface area contributed by atoms with Gasteiger partial charge in [0.05, 0.1) is 21.3 Å². The summed E-state index contributed by atoms with van der Waals surface area (Å²) in [5, 5.41) is 0.0740. The quantitative estimate of drug-likeness (QED) is 0.342. The van der Waals surface area contributed by atoms with Crippen LogP contribution in [0.2, 0.25) is 18.1 Å². The number of rotatable bonds is 8. The summed E-state index contributed by atoms with van der Waals surface area (Å²) in [7, 11) is 2.92. The van der Waals surface area contributed by atoms with Crippen LogP contribution in [-0.4, -0.2) is 29.6 Å². The van der Waals surface area contributed by atoms with Crippen LogP contribution in [0.1, 0.15) is 44.7 Å². The zero-order valence-corrected chi connectivity index (χ0v) is 20.8. The number of hydrogen-bond acceptors (Lipinski definition) is 4. The third-order valence-electron chi connectivity index (χ3n) is 5.88. The van der Waals surface area contributed by atoms with Gasteiger partial charge in [0.2, 0.25) is 0 Å².